The number of nitrogens with one attached hydrogen (secondary N) is 2. The van der Waals surface area contributed by atoms with Crippen LogP contribution in [0.5, 0.6) is 0 Å². The van der Waals surface area contributed by atoms with E-state index in [1.165, 1.54) is 18.6 Å². The molecule has 4 aromatic rings. The number of hydrogen-bond donors (Lipinski definition) is 2. The van der Waals surface area contributed by atoms with Crippen LogP contribution >= 0.6 is 22.9 Å². The number of thiazole rings is 1. The first-order chi connectivity index (χ1) is 16.7. The van der Waals surface area contributed by atoms with Crippen LogP contribution in [-0.4, -0.2) is 36.7 Å². The first-order valence-electron chi connectivity index (χ1n) is 9.70. The maximum absolute atomic E-state index is 13.0. The fraction of sp³-hybridized carbons (Fsp3) is 0.0952. The van der Waals surface area contributed by atoms with E-state index in [9.17, 15) is 22.8 Å². The van der Waals surface area contributed by atoms with Crippen molar-refractivity contribution in [1.82, 2.24) is 30.2 Å². The van der Waals surface area contributed by atoms with Crippen molar-refractivity contribution in [3.05, 3.63) is 81.5 Å². The van der Waals surface area contributed by atoms with Gasteiger partial charge in [-0.05, 0) is 24.3 Å². The van der Waals surface area contributed by atoms with Crippen LogP contribution in [0.2, 0.25) is 5.02 Å². The Balaban J connectivity index is 1.38. The zero-order valence-electron chi connectivity index (χ0n) is 17.4. The third kappa shape index (κ3) is 5.94. The molecule has 2 amide bonds. The molecule has 9 nitrogen and oxygen atoms in total. The molecule has 0 saturated carbocycles. The number of carbonyl (C=O) groups excluding carboxylic acids is 2. The van der Waals surface area contributed by atoms with Gasteiger partial charge in [-0.2, -0.15) is 13.2 Å². The number of hydrogen-bond acceptors (Lipinski definition) is 8. The van der Waals surface area contributed by atoms with Gasteiger partial charge in [-0.15, -0.1) is 11.3 Å². The molecule has 0 spiro atoms. The molecule has 0 aliphatic carbocycles. The van der Waals surface area contributed by atoms with Crippen molar-refractivity contribution in [2.45, 2.75) is 12.7 Å². The van der Waals surface area contributed by atoms with Crippen molar-refractivity contribution < 1.29 is 22.8 Å². The van der Waals surface area contributed by atoms with Crippen molar-refractivity contribution >= 4 is 40.6 Å². The summed E-state index contributed by atoms with van der Waals surface area (Å²) in [7, 11) is 0. The summed E-state index contributed by atoms with van der Waals surface area (Å²) in [5.74, 6) is -1.50. The van der Waals surface area contributed by atoms with Gasteiger partial charge in [0, 0.05) is 24.2 Å². The smallest absolute Gasteiger partial charge is 0.344 e. The molecule has 0 aromatic carbocycles. The summed E-state index contributed by atoms with van der Waals surface area (Å²) in [6.07, 6.45) is 1.83. The molecule has 0 unspecified atom stereocenters. The van der Waals surface area contributed by atoms with E-state index in [-0.39, 0.29) is 22.9 Å². The fourth-order valence-electron chi connectivity index (χ4n) is 2.81. The number of rotatable bonds is 6. The van der Waals surface area contributed by atoms with E-state index in [1.807, 2.05) is 0 Å². The number of halogens is 4. The van der Waals surface area contributed by atoms with E-state index in [0.717, 1.165) is 23.1 Å². The van der Waals surface area contributed by atoms with Crippen LogP contribution in [-0.2, 0) is 12.7 Å². The van der Waals surface area contributed by atoms with Crippen LogP contribution in [0.4, 0.5) is 19.0 Å². The van der Waals surface area contributed by atoms with E-state index in [2.05, 4.69) is 35.6 Å². The van der Waals surface area contributed by atoms with Gasteiger partial charge in [0.05, 0.1) is 29.0 Å². The van der Waals surface area contributed by atoms with E-state index in [1.54, 1.807) is 24.5 Å². The zero-order chi connectivity index (χ0) is 25.0. The lowest BCUT2D eigenvalue weighted by Gasteiger charge is -2.10. The normalized spacial score (nSPS) is 11.2. The van der Waals surface area contributed by atoms with Gasteiger partial charge in [0.15, 0.2) is 0 Å². The highest BCUT2D eigenvalue weighted by atomic mass is 35.5. The van der Waals surface area contributed by atoms with Crippen LogP contribution in [0, 0.1) is 0 Å². The van der Waals surface area contributed by atoms with Crippen molar-refractivity contribution in [2.24, 2.45) is 0 Å². The molecule has 2 N–H and O–H groups in total. The van der Waals surface area contributed by atoms with Gasteiger partial charge < -0.3 is 10.6 Å². The number of alkyl halides is 3. The minimum absolute atomic E-state index is 0.00277. The first-order valence-corrected chi connectivity index (χ1v) is 10.9. The summed E-state index contributed by atoms with van der Waals surface area (Å²) in [6.45, 7) is 0.00277. The van der Waals surface area contributed by atoms with E-state index in [0.29, 0.717) is 16.8 Å². The second-order valence-electron chi connectivity index (χ2n) is 6.83. The van der Waals surface area contributed by atoms with Crippen LogP contribution < -0.4 is 10.6 Å². The lowest BCUT2D eigenvalue weighted by Crippen LogP contribution is -2.23. The second-order valence-corrected chi connectivity index (χ2v) is 8.35. The third-order valence-corrected chi connectivity index (χ3v) is 5.75. The quantitative estimate of drug-likeness (QED) is 0.390. The Hall–Kier alpha value is -3.97. The molecule has 0 atom stereocenters. The third-order valence-electron chi connectivity index (χ3n) is 4.46. The van der Waals surface area contributed by atoms with Gasteiger partial charge in [-0.1, -0.05) is 11.6 Å². The number of carbonyl (C=O) groups is 2. The molecule has 35 heavy (non-hydrogen) atoms. The molecule has 4 rings (SSSR count). The molecule has 0 bridgehead atoms. The van der Waals surface area contributed by atoms with Crippen LogP contribution in [0.1, 0.15) is 30.7 Å². The predicted molar refractivity (Wildman–Crippen MR) is 121 cm³/mol. The maximum Gasteiger partial charge on any atom is 0.418 e. The standard InChI is InChI=1S/C21H13ClF3N7O2S/c22-13-7-27-17(5-12(13)21(23,24)25)32-20(34)16-8-28-18(35-16)9-29-19(33)15-6-14(30-10-31-15)11-1-3-26-4-2-11/h1-8,10H,9H2,(H,29,33)(H,27,32,34). The number of anilines is 1. The van der Waals surface area contributed by atoms with E-state index < -0.39 is 28.6 Å². The minimum Gasteiger partial charge on any atom is -0.344 e. The molecule has 178 valence electrons. The first kappa shape index (κ1) is 24.2. The molecule has 0 aliphatic heterocycles. The SMILES string of the molecule is O=C(NCc1ncc(C(=O)Nc2cc(C(F)(F)F)c(Cl)cn2)s1)c1cc(-c2ccncc2)ncn1. The molecule has 0 fully saturated rings. The molecule has 4 aromatic heterocycles. The average molecular weight is 520 g/mol. The Morgan fingerprint density at radius 1 is 1.00 bits per heavy atom. The summed E-state index contributed by atoms with van der Waals surface area (Å²) < 4.78 is 39.0. The topological polar surface area (TPSA) is 123 Å². The predicted octanol–water partition coefficient (Wildman–Crippen LogP) is 4.24. The van der Waals surface area contributed by atoms with Gasteiger partial charge in [-0.3, -0.25) is 14.6 Å². The number of amides is 2. The van der Waals surface area contributed by atoms with Crippen molar-refractivity contribution in [3.8, 4) is 11.3 Å². The zero-order valence-corrected chi connectivity index (χ0v) is 18.9. The largest absolute Gasteiger partial charge is 0.418 e. The van der Waals surface area contributed by atoms with Crippen molar-refractivity contribution in [3.63, 3.8) is 0 Å². The molecule has 4 heterocycles. The summed E-state index contributed by atoms with van der Waals surface area (Å²) in [4.78, 5) is 44.8. The monoisotopic (exact) mass is 519 g/mol. The van der Waals surface area contributed by atoms with Crippen molar-refractivity contribution in [2.75, 3.05) is 5.32 Å². The van der Waals surface area contributed by atoms with Crippen LogP contribution in [0.25, 0.3) is 11.3 Å². The molecule has 0 saturated heterocycles. The Morgan fingerprint density at radius 2 is 1.77 bits per heavy atom. The van der Waals surface area contributed by atoms with E-state index >= 15 is 0 Å². The highest BCUT2D eigenvalue weighted by Gasteiger charge is 2.34. The molecule has 14 heteroatoms. The highest BCUT2D eigenvalue weighted by Crippen LogP contribution is 2.35. The lowest BCUT2D eigenvalue weighted by molar-refractivity contribution is -0.137. The Kier molecular flexibility index (Phi) is 6.98. The second kappa shape index (κ2) is 10.1. The van der Waals surface area contributed by atoms with Crippen LogP contribution in [0.15, 0.2) is 55.4 Å². The van der Waals surface area contributed by atoms with Crippen LogP contribution in [0.3, 0.4) is 0 Å². The molecule has 0 radical (unpaired) electrons. The molecule has 0 aliphatic rings. The van der Waals surface area contributed by atoms with Gasteiger partial charge in [0.1, 0.15) is 27.7 Å². The lowest BCUT2D eigenvalue weighted by atomic mass is 10.2. The summed E-state index contributed by atoms with van der Waals surface area (Å²) >= 11 is 6.49. The average Bonchev–Trinajstić information content (AvgIpc) is 3.33. The minimum atomic E-state index is -4.70. The number of nitrogens with zero attached hydrogens (tertiary/aromatic N) is 5. The van der Waals surface area contributed by atoms with E-state index in [4.69, 9.17) is 11.6 Å². The Labute approximate surface area is 204 Å². The summed E-state index contributed by atoms with van der Waals surface area (Å²) in [5.41, 5.74) is 0.333. The highest BCUT2D eigenvalue weighted by molar-refractivity contribution is 7.13. The molecular formula is C21H13ClF3N7O2S. The fourth-order valence-corrected chi connectivity index (χ4v) is 3.77. The van der Waals surface area contributed by atoms with Gasteiger partial charge in [0.2, 0.25) is 0 Å². The Bertz CT molecular complexity index is 1380. The van der Waals surface area contributed by atoms with Crippen molar-refractivity contribution in [1.29, 1.82) is 0 Å². The maximum atomic E-state index is 13.0. The van der Waals surface area contributed by atoms with Gasteiger partial charge >= 0.3 is 6.18 Å². The number of aromatic nitrogens is 5. The van der Waals surface area contributed by atoms with Gasteiger partial charge in [-0.25, -0.2) is 19.9 Å². The summed E-state index contributed by atoms with van der Waals surface area (Å²) in [6, 6.07) is 5.66. The number of pyridine rings is 2. The van der Waals surface area contributed by atoms with Gasteiger partial charge in [0.25, 0.3) is 11.8 Å². The summed E-state index contributed by atoms with van der Waals surface area (Å²) in [5, 5.41) is 4.74. The molecular weight excluding hydrogens is 507 g/mol. The Morgan fingerprint density at radius 3 is 2.51 bits per heavy atom.